The number of hydrogen-bond acceptors (Lipinski definition) is 5. The average molecular weight is 492 g/mol. The van der Waals surface area contributed by atoms with Crippen LogP contribution in [0.3, 0.4) is 0 Å². The molecule has 2 aromatic carbocycles. The summed E-state index contributed by atoms with van der Waals surface area (Å²) < 4.78 is 42.0. The van der Waals surface area contributed by atoms with Gasteiger partial charge >= 0.3 is 0 Å². The topological polar surface area (TPSA) is 89.1 Å². The second-order valence-corrected chi connectivity index (χ2v) is 10.2. The largest absolute Gasteiger partial charge is 0.345 e. The molecule has 1 amide bonds. The van der Waals surface area contributed by atoms with E-state index in [0.29, 0.717) is 21.5 Å². The molecule has 1 aromatic heterocycles. The van der Waals surface area contributed by atoms with Crippen molar-refractivity contribution in [2.45, 2.75) is 5.03 Å². The van der Waals surface area contributed by atoms with Crippen LogP contribution in [0.2, 0.25) is 5.02 Å². The molecule has 0 aliphatic carbocycles. The SMILES string of the molecule is CN(C)N=Cc1ccc(C(=O)N2CCN(S(=O)(=O)c3cc4cc(Cl)ccc4[nH]3)CC2)c(F)c1. The number of piperazine rings is 1. The molecule has 0 radical (unpaired) electrons. The second-order valence-electron chi connectivity index (χ2n) is 7.89. The molecule has 1 fully saturated rings. The molecule has 1 saturated heterocycles. The molecule has 0 unspecified atom stereocenters. The van der Waals surface area contributed by atoms with E-state index in [1.165, 1.54) is 27.6 Å². The first-order chi connectivity index (χ1) is 15.6. The Kier molecular flexibility index (Phi) is 6.42. The summed E-state index contributed by atoms with van der Waals surface area (Å²) in [7, 11) is -0.277. The minimum atomic E-state index is -3.77. The van der Waals surface area contributed by atoms with E-state index in [-0.39, 0.29) is 36.8 Å². The van der Waals surface area contributed by atoms with Gasteiger partial charge in [0.15, 0.2) is 0 Å². The number of rotatable bonds is 5. The van der Waals surface area contributed by atoms with E-state index in [4.69, 9.17) is 11.6 Å². The van der Waals surface area contributed by atoms with E-state index in [2.05, 4.69) is 10.1 Å². The number of carbonyl (C=O) groups is 1. The highest BCUT2D eigenvalue weighted by atomic mass is 35.5. The summed E-state index contributed by atoms with van der Waals surface area (Å²) in [5.74, 6) is -1.12. The van der Waals surface area contributed by atoms with Gasteiger partial charge in [0.05, 0.1) is 11.8 Å². The summed E-state index contributed by atoms with van der Waals surface area (Å²) >= 11 is 5.99. The number of halogens is 2. The van der Waals surface area contributed by atoms with Crippen molar-refractivity contribution in [2.24, 2.45) is 5.10 Å². The van der Waals surface area contributed by atoms with Gasteiger partial charge in [0.2, 0.25) is 0 Å². The Morgan fingerprint density at radius 1 is 1.12 bits per heavy atom. The van der Waals surface area contributed by atoms with Crippen LogP contribution in [0.4, 0.5) is 4.39 Å². The third kappa shape index (κ3) is 4.87. The number of amides is 1. The smallest absolute Gasteiger partial charge is 0.258 e. The molecule has 0 atom stereocenters. The fourth-order valence-corrected chi connectivity index (χ4v) is 5.24. The zero-order valence-electron chi connectivity index (χ0n) is 18.1. The molecule has 3 aromatic rings. The molecule has 0 bridgehead atoms. The predicted molar refractivity (Wildman–Crippen MR) is 126 cm³/mol. The van der Waals surface area contributed by atoms with E-state index < -0.39 is 21.7 Å². The maximum absolute atomic E-state index is 14.6. The molecule has 11 heteroatoms. The fourth-order valence-electron chi connectivity index (χ4n) is 3.62. The van der Waals surface area contributed by atoms with Crippen LogP contribution in [-0.4, -0.2) is 80.0 Å². The summed E-state index contributed by atoms with van der Waals surface area (Å²) in [4.78, 5) is 17.2. The van der Waals surface area contributed by atoms with Crippen molar-refractivity contribution >= 4 is 44.6 Å². The Bertz CT molecular complexity index is 1330. The van der Waals surface area contributed by atoms with Crippen LogP contribution in [0.1, 0.15) is 15.9 Å². The molecule has 33 heavy (non-hydrogen) atoms. The van der Waals surface area contributed by atoms with Gasteiger partial charge in [-0.3, -0.25) is 4.79 Å². The van der Waals surface area contributed by atoms with Crippen LogP contribution in [-0.2, 0) is 10.0 Å². The van der Waals surface area contributed by atoms with Crippen LogP contribution >= 0.6 is 11.6 Å². The van der Waals surface area contributed by atoms with Crippen molar-refractivity contribution in [2.75, 3.05) is 40.3 Å². The van der Waals surface area contributed by atoms with Gasteiger partial charge in [-0.05, 0) is 42.0 Å². The van der Waals surface area contributed by atoms with Gasteiger partial charge in [-0.1, -0.05) is 17.7 Å². The number of aromatic amines is 1. The Labute approximate surface area is 196 Å². The van der Waals surface area contributed by atoms with Gasteiger partial charge in [-0.2, -0.15) is 9.41 Å². The Morgan fingerprint density at radius 2 is 1.85 bits per heavy atom. The van der Waals surface area contributed by atoms with E-state index >= 15 is 0 Å². The lowest BCUT2D eigenvalue weighted by Crippen LogP contribution is -2.50. The summed E-state index contributed by atoms with van der Waals surface area (Å²) in [5, 5.41) is 6.91. The summed E-state index contributed by atoms with van der Waals surface area (Å²) in [5.41, 5.74) is 1.15. The molecule has 1 aliphatic heterocycles. The summed E-state index contributed by atoms with van der Waals surface area (Å²) in [6.45, 7) is 0.541. The molecule has 4 rings (SSSR count). The third-order valence-electron chi connectivity index (χ3n) is 5.36. The van der Waals surface area contributed by atoms with Gasteiger partial charge in [-0.15, -0.1) is 0 Å². The highest BCUT2D eigenvalue weighted by Crippen LogP contribution is 2.25. The summed E-state index contributed by atoms with van der Waals surface area (Å²) in [6.07, 6.45) is 1.50. The van der Waals surface area contributed by atoms with Gasteiger partial charge < -0.3 is 14.9 Å². The Hall–Kier alpha value is -2.95. The van der Waals surface area contributed by atoms with Gasteiger partial charge in [0.1, 0.15) is 10.8 Å². The number of carbonyl (C=O) groups excluding carboxylic acids is 1. The first kappa shape index (κ1) is 23.2. The molecular weight excluding hydrogens is 469 g/mol. The molecule has 8 nitrogen and oxygen atoms in total. The number of nitrogens with one attached hydrogen (secondary N) is 1. The van der Waals surface area contributed by atoms with Crippen molar-refractivity contribution < 1.29 is 17.6 Å². The van der Waals surface area contributed by atoms with Crippen molar-refractivity contribution in [3.8, 4) is 0 Å². The van der Waals surface area contributed by atoms with Gasteiger partial charge in [0.25, 0.3) is 15.9 Å². The normalized spacial score (nSPS) is 15.5. The third-order valence-corrected chi connectivity index (χ3v) is 7.42. The van der Waals surface area contributed by atoms with Crippen LogP contribution < -0.4 is 0 Å². The van der Waals surface area contributed by atoms with Gasteiger partial charge in [0, 0.05) is 56.2 Å². The van der Waals surface area contributed by atoms with Crippen molar-refractivity contribution in [1.82, 2.24) is 19.2 Å². The monoisotopic (exact) mass is 491 g/mol. The molecule has 174 valence electrons. The van der Waals surface area contributed by atoms with Crippen LogP contribution in [0, 0.1) is 5.82 Å². The van der Waals surface area contributed by atoms with Crippen molar-refractivity contribution in [3.63, 3.8) is 0 Å². The highest BCUT2D eigenvalue weighted by Gasteiger charge is 2.32. The summed E-state index contributed by atoms with van der Waals surface area (Å²) in [6, 6.07) is 10.9. The van der Waals surface area contributed by atoms with E-state index in [0.717, 1.165) is 0 Å². The van der Waals surface area contributed by atoms with Crippen LogP contribution in [0.15, 0.2) is 52.6 Å². The zero-order chi connectivity index (χ0) is 23.8. The lowest BCUT2D eigenvalue weighted by Gasteiger charge is -2.33. The quantitative estimate of drug-likeness (QED) is 0.439. The predicted octanol–water partition coefficient (Wildman–Crippen LogP) is 3.00. The van der Waals surface area contributed by atoms with Crippen LogP contribution in [0.5, 0.6) is 0 Å². The number of sulfonamides is 1. The minimum Gasteiger partial charge on any atom is -0.345 e. The number of hydrogen-bond donors (Lipinski definition) is 1. The molecular formula is C22H23ClFN5O3S. The number of benzene rings is 2. The molecule has 1 aliphatic rings. The highest BCUT2D eigenvalue weighted by molar-refractivity contribution is 7.89. The number of nitrogens with zero attached hydrogens (tertiary/aromatic N) is 4. The maximum atomic E-state index is 14.6. The maximum Gasteiger partial charge on any atom is 0.258 e. The van der Waals surface area contributed by atoms with Crippen LogP contribution in [0.25, 0.3) is 10.9 Å². The lowest BCUT2D eigenvalue weighted by molar-refractivity contribution is 0.0693. The van der Waals surface area contributed by atoms with Crippen molar-refractivity contribution in [3.05, 3.63) is 64.4 Å². The second kappa shape index (κ2) is 9.12. The van der Waals surface area contributed by atoms with E-state index in [1.807, 2.05) is 0 Å². The number of fused-ring (bicyclic) bond motifs is 1. The lowest BCUT2D eigenvalue weighted by atomic mass is 10.1. The molecule has 0 spiro atoms. The van der Waals surface area contributed by atoms with Crippen molar-refractivity contribution in [1.29, 1.82) is 0 Å². The molecule has 0 saturated carbocycles. The first-order valence-electron chi connectivity index (χ1n) is 10.2. The number of aromatic nitrogens is 1. The zero-order valence-corrected chi connectivity index (χ0v) is 19.7. The standard InChI is InChI=1S/C22H23ClFN5O3S/c1-27(2)25-14-15-3-5-18(19(24)11-15)22(30)28-7-9-29(10-8-28)33(31,32)21-13-16-12-17(23)4-6-20(16)26-21/h3-6,11-14,26H,7-10H2,1-2H3. The number of hydrazone groups is 1. The van der Waals surface area contributed by atoms with E-state index in [9.17, 15) is 17.6 Å². The first-order valence-corrected chi connectivity index (χ1v) is 12.1. The van der Waals surface area contributed by atoms with E-state index in [1.54, 1.807) is 49.4 Å². The molecule has 2 heterocycles. The fraction of sp³-hybridized carbons (Fsp3) is 0.273. The number of H-pyrrole nitrogens is 1. The Balaban J connectivity index is 1.45. The average Bonchev–Trinajstić information content (AvgIpc) is 3.21. The minimum absolute atomic E-state index is 0.0548. The Morgan fingerprint density at radius 3 is 2.52 bits per heavy atom. The molecule has 1 N–H and O–H groups in total. The van der Waals surface area contributed by atoms with Gasteiger partial charge in [-0.25, -0.2) is 12.8 Å².